The molecule has 0 aliphatic carbocycles. The first-order valence-electron chi connectivity index (χ1n) is 10.2. The van der Waals surface area contributed by atoms with E-state index in [2.05, 4.69) is 57.8 Å². The summed E-state index contributed by atoms with van der Waals surface area (Å²) in [6.07, 6.45) is 2.17. The number of ether oxygens (including phenoxy) is 1. The van der Waals surface area contributed by atoms with E-state index in [1.54, 1.807) is 13.2 Å². The Balaban J connectivity index is 1.41. The highest BCUT2D eigenvalue weighted by Gasteiger charge is 2.25. The Kier molecular flexibility index (Phi) is 6.22. The van der Waals surface area contributed by atoms with E-state index in [4.69, 9.17) is 9.26 Å². The van der Waals surface area contributed by atoms with Crippen molar-refractivity contribution in [2.24, 2.45) is 0 Å². The number of hydrogen-bond donors (Lipinski definition) is 1. The fraction of sp³-hybridized carbons (Fsp3) is 0.391. The van der Waals surface area contributed by atoms with Crippen molar-refractivity contribution in [2.45, 2.75) is 25.3 Å². The number of nitrogens with one attached hydrogen (secondary N) is 1. The fourth-order valence-corrected chi connectivity index (χ4v) is 4.05. The molecule has 29 heavy (non-hydrogen) atoms. The third kappa shape index (κ3) is 4.66. The molecule has 2 heterocycles. The monoisotopic (exact) mass is 393 g/mol. The Morgan fingerprint density at radius 3 is 3.03 bits per heavy atom. The molecule has 1 fully saturated rings. The Morgan fingerprint density at radius 2 is 2.14 bits per heavy atom. The Hall–Kier alpha value is -2.70. The fourth-order valence-electron chi connectivity index (χ4n) is 4.05. The van der Waals surface area contributed by atoms with E-state index in [1.807, 2.05) is 0 Å². The van der Waals surface area contributed by atoms with Crippen molar-refractivity contribution in [3.05, 3.63) is 65.5 Å². The van der Waals surface area contributed by atoms with Gasteiger partial charge >= 0.3 is 0 Å². The average Bonchev–Trinajstić information content (AvgIpc) is 3.25. The van der Waals surface area contributed by atoms with Gasteiger partial charge in [0.05, 0.1) is 12.3 Å². The van der Waals surface area contributed by atoms with E-state index in [0.29, 0.717) is 13.2 Å². The molecule has 1 saturated heterocycles. The number of fused-ring (bicyclic) bond motifs is 1. The molecule has 0 bridgehead atoms. The van der Waals surface area contributed by atoms with Crippen LogP contribution in [-0.2, 0) is 11.3 Å². The molecule has 3 aromatic rings. The van der Waals surface area contributed by atoms with E-state index < -0.39 is 0 Å². The van der Waals surface area contributed by atoms with Gasteiger partial charge < -0.3 is 14.6 Å². The lowest BCUT2D eigenvalue weighted by atomic mass is 9.94. The second-order valence-corrected chi connectivity index (χ2v) is 7.58. The number of methoxy groups -OCH3 is 1. The lowest BCUT2D eigenvalue weighted by Gasteiger charge is -2.32. The van der Waals surface area contributed by atoms with E-state index in [9.17, 15) is 4.79 Å². The quantitative estimate of drug-likeness (QED) is 0.622. The van der Waals surface area contributed by atoms with Crippen LogP contribution in [0.1, 0.15) is 40.6 Å². The van der Waals surface area contributed by atoms with E-state index in [1.165, 1.54) is 16.3 Å². The van der Waals surface area contributed by atoms with Crippen LogP contribution in [0, 0.1) is 0 Å². The van der Waals surface area contributed by atoms with Crippen LogP contribution in [-0.4, -0.2) is 49.3 Å². The first-order chi connectivity index (χ1) is 14.2. The molecule has 0 radical (unpaired) electrons. The van der Waals surface area contributed by atoms with Crippen molar-refractivity contribution < 1.29 is 14.1 Å². The number of amides is 1. The van der Waals surface area contributed by atoms with Gasteiger partial charge in [0.1, 0.15) is 0 Å². The van der Waals surface area contributed by atoms with E-state index >= 15 is 0 Å². The largest absolute Gasteiger partial charge is 0.383 e. The lowest BCUT2D eigenvalue weighted by molar-refractivity contribution is 0.0900. The molecule has 152 valence electrons. The number of rotatable bonds is 7. The number of benzene rings is 2. The molecule has 6 heteroatoms. The van der Waals surface area contributed by atoms with Gasteiger partial charge in [0.15, 0.2) is 0 Å². The highest BCUT2D eigenvalue weighted by Crippen LogP contribution is 2.29. The van der Waals surface area contributed by atoms with Gasteiger partial charge in [-0.3, -0.25) is 9.69 Å². The van der Waals surface area contributed by atoms with Crippen LogP contribution in [0.15, 0.2) is 53.1 Å². The summed E-state index contributed by atoms with van der Waals surface area (Å²) in [4.78, 5) is 14.6. The van der Waals surface area contributed by atoms with Gasteiger partial charge in [0.2, 0.25) is 5.76 Å². The highest BCUT2D eigenvalue weighted by molar-refractivity contribution is 5.91. The predicted octanol–water partition coefficient (Wildman–Crippen LogP) is 3.58. The number of carbonyl (C=O) groups excluding carboxylic acids is 1. The average molecular weight is 393 g/mol. The summed E-state index contributed by atoms with van der Waals surface area (Å²) >= 11 is 0. The number of aromatic nitrogens is 1. The zero-order chi connectivity index (χ0) is 20.1. The Labute approximate surface area is 170 Å². The van der Waals surface area contributed by atoms with Crippen LogP contribution in [0.3, 0.4) is 0 Å². The minimum Gasteiger partial charge on any atom is -0.383 e. The summed E-state index contributed by atoms with van der Waals surface area (Å²) < 4.78 is 10.2. The number of piperidine rings is 1. The molecule has 0 unspecified atom stereocenters. The summed E-state index contributed by atoms with van der Waals surface area (Å²) in [5, 5.41) is 9.54. The molecular formula is C23H27N3O3. The standard InChI is InChI=1S/C23H27N3O3/c1-28-13-11-24-23(27)22-14-21(25-29-22)19-9-5-12-26(16-19)15-18-8-4-7-17-6-2-3-10-20(17)18/h2-4,6-8,10,14,19H,5,9,11-13,15-16H2,1H3,(H,24,27)/t19-/m0/s1. The molecule has 2 aromatic carbocycles. The van der Waals surface area contributed by atoms with Gasteiger partial charge in [-0.2, -0.15) is 0 Å². The molecule has 1 aliphatic heterocycles. The minimum atomic E-state index is -0.246. The predicted molar refractivity (Wildman–Crippen MR) is 112 cm³/mol. The SMILES string of the molecule is COCCNC(=O)c1cc([C@H]2CCCN(Cc3cccc4ccccc34)C2)no1. The Bertz CT molecular complexity index is 963. The number of hydrogen-bond acceptors (Lipinski definition) is 5. The third-order valence-corrected chi connectivity index (χ3v) is 5.54. The summed E-state index contributed by atoms with van der Waals surface area (Å²) in [6, 6.07) is 16.8. The highest BCUT2D eigenvalue weighted by atomic mass is 16.5. The molecule has 4 rings (SSSR count). The second kappa shape index (κ2) is 9.20. The Morgan fingerprint density at radius 1 is 1.28 bits per heavy atom. The molecule has 0 spiro atoms. The van der Waals surface area contributed by atoms with Crippen molar-refractivity contribution in [1.29, 1.82) is 0 Å². The van der Waals surface area contributed by atoms with Crippen molar-refractivity contribution in [3.8, 4) is 0 Å². The number of likely N-dealkylation sites (tertiary alicyclic amines) is 1. The molecule has 1 aromatic heterocycles. The van der Waals surface area contributed by atoms with Gasteiger partial charge in [0.25, 0.3) is 5.91 Å². The van der Waals surface area contributed by atoms with Crippen molar-refractivity contribution >= 4 is 16.7 Å². The van der Waals surface area contributed by atoms with E-state index in [-0.39, 0.29) is 17.6 Å². The van der Waals surface area contributed by atoms with Crippen LogP contribution < -0.4 is 5.32 Å². The van der Waals surface area contributed by atoms with Crippen molar-refractivity contribution in [3.63, 3.8) is 0 Å². The summed E-state index contributed by atoms with van der Waals surface area (Å²) in [6.45, 7) is 3.83. The third-order valence-electron chi connectivity index (χ3n) is 5.54. The molecule has 1 atom stereocenters. The van der Waals surface area contributed by atoms with Crippen molar-refractivity contribution in [1.82, 2.24) is 15.4 Å². The van der Waals surface area contributed by atoms with Gasteiger partial charge in [-0.15, -0.1) is 0 Å². The van der Waals surface area contributed by atoms with E-state index in [0.717, 1.165) is 38.2 Å². The molecule has 1 amide bonds. The molecule has 1 N–H and O–H groups in total. The van der Waals surface area contributed by atoms with Crippen LogP contribution in [0.4, 0.5) is 0 Å². The lowest BCUT2D eigenvalue weighted by Crippen LogP contribution is -2.34. The zero-order valence-electron chi connectivity index (χ0n) is 16.8. The first-order valence-corrected chi connectivity index (χ1v) is 10.2. The van der Waals surface area contributed by atoms with Gasteiger partial charge in [-0.05, 0) is 35.7 Å². The number of nitrogens with zero attached hydrogens (tertiary/aromatic N) is 2. The molecule has 0 saturated carbocycles. The smallest absolute Gasteiger partial charge is 0.289 e. The topological polar surface area (TPSA) is 67.6 Å². The maximum absolute atomic E-state index is 12.1. The van der Waals surface area contributed by atoms with Gasteiger partial charge in [-0.25, -0.2) is 0 Å². The number of carbonyl (C=O) groups is 1. The van der Waals surface area contributed by atoms with Crippen LogP contribution >= 0.6 is 0 Å². The molecular weight excluding hydrogens is 366 g/mol. The normalized spacial score (nSPS) is 17.5. The molecule has 6 nitrogen and oxygen atoms in total. The first kappa shape index (κ1) is 19.6. The maximum atomic E-state index is 12.1. The maximum Gasteiger partial charge on any atom is 0.289 e. The summed E-state index contributed by atoms with van der Waals surface area (Å²) in [7, 11) is 1.60. The summed E-state index contributed by atoms with van der Waals surface area (Å²) in [5.41, 5.74) is 2.21. The van der Waals surface area contributed by atoms with Crippen LogP contribution in [0.25, 0.3) is 10.8 Å². The van der Waals surface area contributed by atoms with Crippen LogP contribution in [0.5, 0.6) is 0 Å². The van der Waals surface area contributed by atoms with Crippen LogP contribution in [0.2, 0.25) is 0 Å². The second-order valence-electron chi connectivity index (χ2n) is 7.58. The zero-order valence-corrected chi connectivity index (χ0v) is 16.8. The minimum absolute atomic E-state index is 0.246. The van der Waals surface area contributed by atoms with Gasteiger partial charge in [-0.1, -0.05) is 47.6 Å². The summed E-state index contributed by atoms with van der Waals surface area (Å²) in [5.74, 6) is 0.300. The van der Waals surface area contributed by atoms with Gasteiger partial charge in [0, 0.05) is 38.7 Å². The van der Waals surface area contributed by atoms with Crippen molar-refractivity contribution in [2.75, 3.05) is 33.4 Å². The molecule has 1 aliphatic rings.